The van der Waals surface area contributed by atoms with Crippen molar-refractivity contribution in [3.63, 3.8) is 0 Å². The van der Waals surface area contributed by atoms with E-state index in [1.165, 1.54) is 6.07 Å². The molecule has 0 heterocycles. The molecule has 1 aromatic carbocycles. The first-order valence-electron chi connectivity index (χ1n) is 7.10. The van der Waals surface area contributed by atoms with Crippen LogP contribution in [-0.2, 0) is 0 Å². The van der Waals surface area contributed by atoms with Crippen LogP contribution in [0.3, 0.4) is 0 Å². The van der Waals surface area contributed by atoms with Crippen molar-refractivity contribution < 1.29 is 19.1 Å². The quantitative estimate of drug-likeness (QED) is 0.846. The van der Waals surface area contributed by atoms with Crippen molar-refractivity contribution in [1.29, 1.82) is 0 Å². The second-order valence-electron chi connectivity index (χ2n) is 5.32. The van der Waals surface area contributed by atoms with E-state index in [4.69, 9.17) is 5.11 Å². The largest absolute Gasteiger partial charge is 0.478 e. The van der Waals surface area contributed by atoms with Crippen molar-refractivity contribution in [3.8, 4) is 0 Å². The predicted octanol–water partition coefficient (Wildman–Crippen LogP) is 3.18. The fourth-order valence-corrected chi connectivity index (χ4v) is 2.11. The summed E-state index contributed by atoms with van der Waals surface area (Å²) < 4.78 is 13.7. The second kappa shape index (κ2) is 6.56. The van der Waals surface area contributed by atoms with E-state index >= 15 is 0 Å². The molecule has 1 saturated carbocycles. The van der Waals surface area contributed by atoms with E-state index in [-0.39, 0.29) is 17.3 Å². The average Bonchev–Trinajstić information content (AvgIpc) is 3.24. The third kappa shape index (κ3) is 4.18. The number of carboxylic acid groups (broad SMARTS) is 1. The van der Waals surface area contributed by atoms with Gasteiger partial charge in [-0.2, -0.15) is 0 Å². The number of carboxylic acids is 1. The standard InChI is InChI=1S/C15H19FN2O3/c1-2-7-18(9-10-3-4-10)15(21)17-13-8-11(14(19)20)5-6-12(13)16/h5-6,8,10H,2-4,7,9H2,1H3,(H,17,21)(H,19,20). The maximum Gasteiger partial charge on any atom is 0.335 e. The molecule has 1 aliphatic carbocycles. The number of benzene rings is 1. The molecule has 1 aliphatic rings. The Morgan fingerprint density at radius 2 is 2.14 bits per heavy atom. The topological polar surface area (TPSA) is 69.6 Å². The number of rotatable bonds is 6. The van der Waals surface area contributed by atoms with Crippen LogP contribution < -0.4 is 5.32 Å². The van der Waals surface area contributed by atoms with Gasteiger partial charge in [-0.05, 0) is 43.4 Å². The highest BCUT2D eigenvalue weighted by molar-refractivity contribution is 5.93. The summed E-state index contributed by atoms with van der Waals surface area (Å²) in [4.78, 5) is 24.8. The molecule has 0 saturated heterocycles. The maximum atomic E-state index is 13.7. The van der Waals surface area contributed by atoms with Gasteiger partial charge in [-0.15, -0.1) is 0 Å². The van der Waals surface area contributed by atoms with E-state index in [1.807, 2.05) is 6.92 Å². The summed E-state index contributed by atoms with van der Waals surface area (Å²) in [5.41, 5.74) is -0.160. The van der Waals surface area contributed by atoms with Crippen LogP contribution in [0.15, 0.2) is 18.2 Å². The number of carbonyl (C=O) groups excluding carboxylic acids is 1. The Balaban J connectivity index is 2.09. The van der Waals surface area contributed by atoms with Gasteiger partial charge >= 0.3 is 12.0 Å². The van der Waals surface area contributed by atoms with Gasteiger partial charge in [-0.1, -0.05) is 6.92 Å². The number of aromatic carboxylic acids is 1. The molecule has 1 fully saturated rings. The van der Waals surface area contributed by atoms with Gasteiger partial charge < -0.3 is 15.3 Å². The van der Waals surface area contributed by atoms with E-state index in [0.29, 0.717) is 19.0 Å². The van der Waals surface area contributed by atoms with Crippen LogP contribution in [0.1, 0.15) is 36.5 Å². The SMILES string of the molecule is CCCN(CC1CC1)C(=O)Nc1cc(C(=O)O)ccc1F. The molecule has 2 N–H and O–H groups in total. The summed E-state index contributed by atoms with van der Waals surface area (Å²) in [6.07, 6.45) is 3.06. The van der Waals surface area contributed by atoms with Crippen molar-refractivity contribution in [2.75, 3.05) is 18.4 Å². The highest BCUT2D eigenvalue weighted by Gasteiger charge is 2.26. The summed E-state index contributed by atoms with van der Waals surface area (Å²) in [7, 11) is 0. The number of anilines is 1. The van der Waals surface area contributed by atoms with Crippen molar-refractivity contribution in [2.24, 2.45) is 5.92 Å². The number of urea groups is 1. The van der Waals surface area contributed by atoms with Crippen LogP contribution in [0.2, 0.25) is 0 Å². The van der Waals surface area contributed by atoms with E-state index in [9.17, 15) is 14.0 Å². The maximum absolute atomic E-state index is 13.7. The molecule has 0 unspecified atom stereocenters. The van der Waals surface area contributed by atoms with Gasteiger partial charge in [0.15, 0.2) is 0 Å². The molecular formula is C15H19FN2O3. The Morgan fingerprint density at radius 1 is 1.43 bits per heavy atom. The van der Waals surface area contributed by atoms with Crippen LogP contribution in [0.5, 0.6) is 0 Å². The lowest BCUT2D eigenvalue weighted by Gasteiger charge is -2.22. The minimum Gasteiger partial charge on any atom is -0.478 e. The molecule has 5 nitrogen and oxygen atoms in total. The Hall–Kier alpha value is -2.11. The van der Waals surface area contributed by atoms with E-state index in [1.54, 1.807) is 4.90 Å². The van der Waals surface area contributed by atoms with Crippen molar-refractivity contribution in [2.45, 2.75) is 26.2 Å². The molecule has 6 heteroatoms. The Labute approximate surface area is 122 Å². The third-order valence-electron chi connectivity index (χ3n) is 3.41. The van der Waals surface area contributed by atoms with Gasteiger partial charge in [0.2, 0.25) is 0 Å². The van der Waals surface area contributed by atoms with Crippen LogP contribution >= 0.6 is 0 Å². The lowest BCUT2D eigenvalue weighted by molar-refractivity contribution is 0.0697. The monoisotopic (exact) mass is 294 g/mol. The Kier molecular flexibility index (Phi) is 4.77. The van der Waals surface area contributed by atoms with E-state index in [0.717, 1.165) is 31.4 Å². The number of carbonyl (C=O) groups is 2. The van der Waals surface area contributed by atoms with Gasteiger partial charge in [0.25, 0.3) is 0 Å². The lowest BCUT2D eigenvalue weighted by atomic mass is 10.2. The number of nitrogens with one attached hydrogen (secondary N) is 1. The van der Waals surface area contributed by atoms with Crippen LogP contribution in [0.25, 0.3) is 0 Å². The summed E-state index contributed by atoms with van der Waals surface area (Å²) in [6, 6.07) is 2.97. The van der Waals surface area contributed by atoms with E-state index in [2.05, 4.69) is 5.32 Å². The minimum atomic E-state index is -1.16. The Morgan fingerprint density at radius 3 is 2.71 bits per heavy atom. The van der Waals surface area contributed by atoms with Crippen molar-refractivity contribution in [3.05, 3.63) is 29.6 Å². The van der Waals surface area contributed by atoms with Gasteiger partial charge in [0, 0.05) is 13.1 Å². The highest BCUT2D eigenvalue weighted by atomic mass is 19.1. The third-order valence-corrected chi connectivity index (χ3v) is 3.41. The summed E-state index contributed by atoms with van der Waals surface area (Å²) in [5.74, 6) is -1.26. The molecule has 0 spiro atoms. The van der Waals surface area contributed by atoms with Gasteiger partial charge in [0.05, 0.1) is 11.3 Å². The molecule has 0 aliphatic heterocycles. The molecule has 0 aromatic heterocycles. The molecule has 1 aromatic rings. The number of hydrogen-bond acceptors (Lipinski definition) is 2. The van der Waals surface area contributed by atoms with Crippen molar-refractivity contribution >= 4 is 17.7 Å². The normalized spacial score (nSPS) is 13.8. The van der Waals surface area contributed by atoms with Gasteiger partial charge in [-0.3, -0.25) is 0 Å². The molecule has 0 atom stereocenters. The van der Waals surface area contributed by atoms with Crippen molar-refractivity contribution in [1.82, 2.24) is 4.90 Å². The lowest BCUT2D eigenvalue weighted by Crippen LogP contribution is -2.37. The summed E-state index contributed by atoms with van der Waals surface area (Å²) in [5, 5.41) is 11.4. The molecule has 2 rings (SSSR count). The van der Waals surface area contributed by atoms with Gasteiger partial charge in [0.1, 0.15) is 5.82 Å². The van der Waals surface area contributed by atoms with Crippen LogP contribution in [0.4, 0.5) is 14.9 Å². The van der Waals surface area contributed by atoms with E-state index < -0.39 is 11.8 Å². The molecular weight excluding hydrogens is 275 g/mol. The zero-order chi connectivity index (χ0) is 15.4. The molecule has 0 bridgehead atoms. The first-order valence-corrected chi connectivity index (χ1v) is 7.10. The number of amides is 2. The van der Waals surface area contributed by atoms with Crippen LogP contribution in [-0.4, -0.2) is 35.1 Å². The first-order chi connectivity index (χ1) is 10.0. The zero-order valence-electron chi connectivity index (χ0n) is 11.9. The summed E-state index contributed by atoms with van der Waals surface area (Å²) >= 11 is 0. The first kappa shape index (κ1) is 15.3. The highest BCUT2D eigenvalue weighted by Crippen LogP contribution is 2.30. The smallest absolute Gasteiger partial charge is 0.335 e. The molecule has 21 heavy (non-hydrogen) atoms. The minimum absolute atomic E-state index is 0.0593. The molecule has 2 amide bonds. The second-order valence-corrected chi connectivity index (χ2v) is 5.32. The fraction of sp³-hybridized carbons (Fsp3) is 0.467. The summed E-state index contributed by atoms with van der Waals surface area (Å²) in [6.45, 7) is 3.24. The number of halogens is 1. The van der Waals surface area contributed by atoms with Crippen LogP contribution in [0, 0.1) is 11.7 Å². The Bertz CT molecular complexity index is 544. The number of hydrogen-bond donors (Lipinski definition) is 2. The fourth-order valence-electron chi connectivity index (χ4n) is 2.11. The number of nitrogens with zero attached hydrogens (tertiary/aromatic N) is 1. The molecule has 114 valence electrons. The zero-order valence-corrected chi connectivity index (χ0v) is 11.9. The van der Waals surface area contributed by atoms with Gasteiger partial charge in [-0.25, -0.2) is 14.0 Å². The average molecular weight is 294 g/mol. The predicted molar refractivity (Wildman–Crippen MR) is 77.0 cm³/mol. The molecule has 0 radical (unpaired) electrons.